The Morgan fingerprint density at radius 3 is 2.69 bits per heavy atom. The van der Waals surface area contributed by atoms with E-state index in [-0.39, 0.29) is 11.9 Å². The van der Waals surface area contributed by atoms with Gasteiger partial charge in [-0.3, -0.25) is 4.79 Å². The van der Waals surface area contributed by atoms with Gasteiger partial charge in [-0.15, -0.1) is 0 Å². The van der Waals surface area contributed by atoms with Gasteiger partial charge in [0.1, 0.15) is 11.9 Å². The highest BCUT2D eigenvalue weighted by atomic mass is 16.2. The molecule has 2 aliphatic rings. The first-order valence-corrected chi connectivity index (χ1v) is 11.2. The van der Waals surface area contributed by atoms with Crippen LogP contribution in [0.1, 0.15) is 54.5 Å². The molecule has 1 aliphatic heterocycles. The molecule has 1 saturated carbocycles. The van der Waals surface area contributed by atoms with Gasteiger partial charge >= 0.3 is 0 Å². The molecule has 0 bridgehead atoms. The Kier molecular flexibility index (Phi) is 4.06. The molecule has 1 amide bonds. The second-order valence-electron chi connectivity index (χ2n) is 9.19. The maximum atomic E-state index is 12.7. The van der Waals surface area contributed by atoms with Gasteiger partial charge in [0.2, 0.25) is 5.91 Å². The normalized spacial score (nSPS) is 18.4. The first-order chi connectivity index (χ1) is 15.4. The fourth-order valence-electron chi connectivity index (χ4n) is 4.80. The average Bonchev–Trinajstić information content (AvgIpc) is 3.49. The van der Waals surface area contributed by atoms with Crippen LogP contribution in [0, 0.1) is 13.8 Å². The summed E-state index contributed by atoms with van der Waals surface area (Å²) in [6.07, 6.45) is 6.23. The summed E-state index contributed by atoms with van der Waals surface area (Å²) in [6, 6.07) is 8.16. The number of amides is 1. The largest absolute Gasteiger partial charge is 0.338 e. The Balaban J connectivity index is 1.52. The molecule has 4 heterocycles. The second-order valence-corrected chi connectivity index (χ2v) is 9.19. The van der Waals surface area contributed by atoms with Gasteiger partial charge in [-0.2, -0.15) is 5.10 Å². The molecule has 0 unspecified atom stereocenters. The third-order valence-electron chi connectivity index (χ3n) is 6.87. The lowest BCUT2D eigenvalue weighted by atomic mass is 10.0. The summed E-state index contributed by atoms with van der Waals surface area (Å²) in [7, 11) is 1.88. The number of pyridine rings is 1. The molecule has 7 nitrogen and oxygen atoms in total. The molecule has 3 aromatic heterocycles. The van der Waals surface area contributed by atoms with Crippen molar-refractivity contribution in [3.05, 3.63) is 59.4 Å². The number of fused-ring (bicyclic) bond motifs is 2. The quantitative estimate of drug-likeness (QED) is 0.489. The molecule has 6 rings (SSSR count). The van der Waals surface area contributed by atoms with Gasteiger partial charge in [0.15, 0.2) is 5.82 Å². The molecule has 1 atom stereocenters. The van der Waals surface area contributed by atoms with Crippen molar-refractivity contribution < 1.29 is 4.79 Å². The van der Waals surface area contributed by atoms with Gasteiger partial charge in [-0.05, 0) is 50.6 Å². The van der Waals surface area contributed by atoms with Crippen molar-refractivity contribution in [2.24, 2.45) is 0 Å². The standard InChI is InChI=1S/C25H26N6O/c1-14-12-30(28-15(14)2)22-10-18-6-5-7-19(20(18)11-26-22)23-21-13-29(4)25(32)16(3)31(21)24(27-23)17-8-9-17/h5-7,10-12,16-17H,8-9,13H2,1-4H3/t16-/m1/s1. The van der Waals surface area contributed by atoms with Crippen LogP contribution in [0.3, 0.4) is 0 Å². The van der Waals surface area contributed by atoms with E-state index in [2.05, 4.69) is 40.9 Å². The summed E-state index contributed by atoms with van der Waals surface area (Å²) in [4.78, 5) is 24.4. The van der Waals surface area contributed by atoms with Crippen LogP contribution in [0.2, 0.25) is 0 Å². The molecule has 7 heteroatoms. The number of likely N-dealkylation sites (N-methyl/N-ethyl adjacent to an activating group) is 1. The maximum absolute atomic E-state index is 12.7. The fourth-order valence-corrected chi connectivity index (χ4v) is 4.80. The van der Waals surface area contributed by atoms with E-state index in [1.807, 2.05) is 42.9 Å². The van der Waals surface area contributed by atoms with Gasteiger partial charge in [0.25, 0.3) is 0 Å². The first-order valence-electron chi connectivity index (χ1n) is 11.2. The minimum Gasteiger partial charge on any atom is -0.338 e. The van der Waals surface area contributed by atoms with E-state index in [9.17, 15) is 4.79 Å². The minimum absolute atomic E-state index is 0.150. The SMILES string of the molecule is Cc1cn(-c2cc3cccc(-c4nc(C5CC5)n5c4CN(C)C(=O)[C@H]5C)c3cn2)nc1C. The molecule has 162 valence electrons. The zero-order chi connectivity index (χ0) is 22.1. The van der Waals surface area contributed by atoms with Crippen LogP contribution in [0.4, 0.5) is 0 Å². The second kappa shape index (κ2) is 6.76. The number of hydrogen-bond donors (Lipinski definition) is 0. The zero-order valence-electron chi connectivity index (χ0n) is 18.8. The molecule has 0 saturated heterocycles. The molecule has 1 fully saturated rings. The number of hydrogen-bond acceptors (Lipinski definition) is 4. The number of carbonyl (C=O) groups is 1. The van der Waals surface area contributed by atoms with Gasteiger partial charge in [-0.25, -0.2) is 14.6 Å². The molecular weight excluding hydrogens is 400 g/mol. The van der Waals surface area contributed by atoms with Crippen molar-refractivity contribution in [3.8, 4) is 17.1 Å². The monoisotopic (exact) mass is 426 g/mol. The number of carbonyl (C=O) groups excluding carboxylic acids is 1. The average molecular weight is 427 g/mol. The molecular formula is C25H26N6O. The Morgan fingerprint density at radius 1 is 1.16 bits per heavy atom. The first kappa shape index (κ1) is 19.2. The van der Waals surface area contributed by atoms with Crippen LogP contribution in [-0.2, 0) is 11.3 Å². The number of imidazole rings is 1. The lowest BCUT2D eigenvalue weighted by Crippen LogP contribution is -2.39. The van der Waals surface area contributed by atoms with E-state index in [0.717, 1.165) is 63.5 Å². The van der Waals surface area contributed by atoms with E-state index in [0.29, 0.717) is 12.5 Å². The number of benzene rings is 1. The van der Waals surface area contributed by atoms with Crippen molar-refractivity contribution in [1.82, 2.24) is 29.2 Å². The summed E-state index contributed by atoms with van der Waals surface area (Å²) >= 11 is 0. The van der Waals surface area contributed by atoms with Crippen molar-refractivity contribution in [2.75, 3.05) is 7.05 Å². The van der Waals surface area contributed by atoms with E-state index >= 15 is 0 Å². The van der Waals surface area contributed by atoms with Crippen LogP contribution in [-0.4, -0.2) is 42.2 Å². The maximum Gasteiger partial charge on any atom is 0.245 e. The molecule has 1 aliphatic carbocycles. The van der Waals surface area contributed by atoms with Crippen LogP contribution in [0.25, 0.3) is 27.8 Å². The fraction of sp³-hybridized carbons (Fsp3) is 0.360. The summed E-state index contributed by atoms with van der Waals surface area (Å²) in [5, 5.41) is 6.74. The number of aromatic nitrogens is 5. The van der Waals surface area contributed by atoms with Crippen LogP contribution in [0.15, 0.2) is 36.7 Å². The lowest BCUT2D eigenvalue weighted by molar-refractivity contribution is -0.135. The van der Waals surface area contributed by atoms with Gasteiger partial charge in [0, 0.05) is 36.3 Å². The highest BCUT2D eigenvalue weighted by Crippen LogP contribution is 2.44. The van der Waals surface area contributed by atoms with Crippen molar-refractivity contribution >= 4 is 16.7 Å². The lowest BCUT2D eigenvalue weighted by Gasteiger charge is -2.31. The summed E-state index contributed by atoms with van der Waals surface area (Å²) in [6.45, 7) is 6.63. The molecule has 32 heavy (non-hydrogen) atoms. The predicted molar refractivity (Wildman–Crippen MR) is 123 cm³/mol. The minimum atomic E-state index is -0.216. The molecule has 0 spiro atoms. The smallest absolute Gasteiger partial charge is 0.245 e. The Morgan fingerprint density at radius 2 is 1.97 bits per heavy atom. The van der Waals surface area contributed by atoms with Gasteiger partial charge in [-0.1, -0.05) is 18.2 Å². The predicted octanol–water partition coefficient (Wildman–Crippen LogP) is 4.31. The van der Waals surface area contributed by atoms with Crippen molar-refractivity contribution in [1.29, 1.82) is 0 Å². The van der Waals surface area contributed by atoms with E-state index < -0.39 is 0 Å². The molecule has 0 radical (unpaired) electrons. The number of aryl methyl sites for hydroxylation is 2. The van der Waals surface area contributed by atoms with Crippen LogP contribution < -0.4 is 0 Å². The molecule has 0 N–H and O–H groups in total. The highest BCUT2D eigenvalue weighted by molar-refractivity contribution is 5.97. The van der Waals surface area contributed by atoms with Crippen LogP contribution in [0.5, 0.6) is 0 Å². The van der Waals surface area contributed by atoms with Crippen molar-refractivity contribution in [3.63, 3.8) is 0 Å². The summed E-state index contributed by atoms with van der Waals surface area (Å²) in [5.41, 5.74) is 5.32. The van der Waals surface area contributed by atoms with Gasteiger partial charge in [0.05, 0.1) is 23.6 Å². The third kappa shape index (κ3) is 2.80. The van der Waals surface area contributed by atoms with Gasteiger partial charge < -0.3 is 9.47 Å². The number of nitrogens with zero attached hydrogens (tertiary/aromatic N) is 6. The molecule has 1 aromatic carbocycles. The number of rotatable bonds is 3. The van der Waals surface area contributed by atoms with E-state index in [1.165, 1.54) is 0 Å². The van der Waals surface area contributed by atoms with Crippen LogP contribution >= 0.6 is 0 Å². The highest BCUT2D eigenvalue weighted by Gasteiger charge is 2.38. The van der Waals surface area contributed by atoms with E-state index in [1.54, 1.807) is 0 Å². The summed E-state index contributed by atoms with van der Waals surface area (Å²) < 4.78 is 4.04. The Labute approximate surface area is 186 Å². The Hall–Kier alpha value is -3.48. The van der Waals surface area contributed by atoms with Crippen molar-refractivity contribution in [2.45, 2.75) is 52.1 Å². The third-order valence-corrected chi connectivity index (χ3v) is 6.87. The van der Waals surface area contributed by atoms with E-state index in [4.69, 9.17) is 9.97 Å². The molecule has 4 aromatic rings. The Bertz CT molecular complexity index is 1370. The zero-order valence-corrected chi connectivity index (χ0v) is 18.8. The summed E-state index contributed by atoms with van der Waals surface area (Å²) in [5.74, 6) is 2.48. The topological polar surface area (TPSA) is 68.8 Å².